The van der Waals surface area contributed by atoms with Crippen molar-refractivity contribution in [2.45, 2.75) is 58.3 Å². The summed E-state index contributed by atoms with van der Waals surface area (Å²) in [6.45, 7) is 6.28. The molecular formula is C25H33F2N5O2. The SMILES string of the molecule is CN=C(N=C(OC)[C@@]1(C)CC[C@@H](NCC(=O)N2C[C@@H](F)C[C@H]2C#N)C1(C)C)c1ccc(F)cc1. The predicted octanol–water partition coefficient (Wildman–Crippen LogP) is 3.49. The molecule has 1 aliphatic heterocycles. The van der Waals surface area contributed by atoms with Gasteiger partial charge >= 0.3 is 0 Å². The number of rotatable bonds is 5. The van der Waals surface area contributed by atoms with Crippen LogP contribution in [-0.4, -0.2) is 68.0 Å². The van der Waals surface area contributed by atoms with Crippen LogP contribution in [0.25, 0.3) is 0 Å². The topological polar surface area (TPSA) is 90.1 Å². The van der Waals surface area contributed by atoms with E-state index in [1.54, 1.807) is 26.3 Å². The van der Waals surface area contributed by atoms with Crippen LogP contribution in [0, 0.1) is 28.0 Å². The van der Waals surface area contributed by atoms with E-state index >= 15 is 0 Å². The number of nitrogens with zero attached hydrogens (tertiary/aromatic N) is 4. The molecule has 7 nitrogen and oxygen atoms in total. The third kappa shape index (κ3) is 4.83. The van der Waals surface area contributed by atoms with Gasteiger partial charge < -0.3 is 15.0 Å². The van der Waals surface area contributed by atoms with Crippen molar-refractivity contribution < 1.29 is 18.3 Å². The summed E-state index contributed by atoms with van der Waals surface area (Å²) in [4.78, 5) is 23.0. The zero-order valence-electron chi connectivity index (χ0n) is 20.4. The number of nitrogens with one attached hydrogen (secondary N) is 1. The standard InChI is InChI=1S/C25H33F2N5O2/c1-24(2)20(30-14-21(33)32-15-18(27)12-19(32)13-28)10-11-25(24,3)23(34-5)31-22(29-4)16-6-8-17(26)9-7-16/h6-9,18-20,30H,10-12,14-15H2,1-5H3/t18-,19-,20+,25+/m0/s1. The minimum absolute atomic E-state index is 0.0288. The van der Waals surface area contributed by atoms with Crippen molar-refractivity contribution in [1.29, 1.82) is 5.26 Å². The number of halogens is 2. The van der Waals surface area contributed by atoms with Crippen LogP contribution in [0.1, 0.15) is 45.6 Å². The number of nitriles is 1. The van der Waals surface area contributed by atoms with E-state index in [0.29, 0.717) is 17.3 Å². The zero-order valence-corrected chi connectivity index (χ0v) is 20.4. The highest BCUT2D eigenvalue weighted by atomic mass is 19.1. The Kier molecular flexibility index (Phi) is 7.71. The monoisotopic (exact) mass is 473 g/mol. The maximum Gasteiger partial charge on any atom is 0.237 e. The van der Waals surface area contributed by atoms with Crippen LogP contribution in [0.5, 0.6) is 0 Å². The summed E-state index contributed by atoms with van der Waals surface area (Å²) in [5.74, 6) is 0.355. The number of amidine groups is 1. The number of hydrogen-bond acceptors (Lipinski definition) is 5. The van der Waals surface area contributed by atoms with Gasteiger partial charge in [0, 0.05) is 25.1 Å². The first kappa shape index (κ1) is 25.8. The third-order valence-electron chi connectivity index (χ3n) is 7.63. The van der Waals surface area contributed by atoms with Gasteiger partial charge in [-0.25, -0.2) is 8.78 Å². The van der Waals surface area contributed by atoms with E-state index in [4.69, 9.17) is 9.73 Å². The summed E-state index contributed by atoms with van der Waals surface area (Å²) in [5.41, 5.74) is -0.140. The smallest absolute Gasteiger partial charge is 0.237 e. The molecule has 0 unspecified atom stereocenters. The van der Waals surface area contributed by atoms with Gasteiger partial charge in [0.15, 0.2) is 11.7 Å². The summed E-state index contributed by atoms with van der Waals surface area (Å²) in [6.07, 6.45) is 0.451. The van der Waals surface area contributed by atoms with Gasteiger partial charge in [0.1, 0.15) is 18.0 Å². The lowest BCUT2D eigenvalue weighted by Crippen LogP contribution is -2.51. The predicted molar refractivity (Wildman–Crippen MR) is 127 cm³/mol. The molecule has 1 saturated carbocycles. The minimum Gasteiger partial charge on any atom is -0.484 e. The van der Waals surface area contributed by atoms with Crippen LogP contribution in [0.2, 0.25) is 0 Å². The number of carbonyl (C=O) groups excluding carboxylic acids is 1. The number of carbonyl (C=O) groups is 1. The molecule has 1 aromatic carbocycles. The number of amides is 1. The number of aliphatic imine (C=N–C) groups is 2. The fourth-order valence-electron chi connectivity index (χ4n) is 5.07. The second kappa shape index (κ2) is 10.2. The molecule has 1 amide bonds. The zero-order chi connectivity index (χ0) is 25.1. The van der Waals surface area contributed by atoms with Gasteiger partial charge in [0.25, 0.3) is 0 Å². The average molecular weight is 474 g/mol. The molecule has 4 atom stereocenters. The molecule has 34 heavy (non-hydrogen) atoms. The number of methoxy groups -OCH3 is 1. The van der Waals surface area contributed by atoms with E-state index in [9.17, 15) is 18.8 Å². The van der Waals surface area contributed by atoms with E-state index in [2.05, 4.69) is 31.1 Å². The molecule has 184 valence electrons. The lowest BCUT2D eigenvalue weighted by molar-refractivity contribution is -0.130. The molecule has 0 bridgehead atoms. The van der Waals surface area contributed by atoms with Gasteiger partial charge in [-0.15, -0.1) is 0 Å². The van der Waals surface area contributed by atoms with Gasteiger partial charge in [-0.2, -0.15) is 10.3 Å². The highest BCUT2D eigenvalue weighted by Crippen LogP contribution is 2.53. The van der Waals surface area contributed by atoms with Gasteiger partial charge in [0.2, 0.25) is 5.91 Å². The second-order valence-electron chi connectivity index (χ2n) is 9.73. The Morgan fingerprint density at radius 3 is 2.59 bits per heavy atom. The molecule has 2 aliphatic rings. The van der Waals surface area contributed by atoms with E-state index < -0.39 is 17.6 Å². The Hall–Kier alpha value is -2.86. The molecule has 0 aromatic heterocycles. The van der Waals surface area contributed by atoms with E-state index in [1.165, 1.54) is 17.0 Å². The van der Waals surface area contributed by atoms with Crippen molar-refractivity contribution in [3.05, 3.63) is 35.6 Å². The summed E-state index contributed by atoms with van der Waals surface area (Å²) in [5, 5.41) is 12.6. The van der Waals surface area contributed by atoms with Crippen LogP contribution in [0.4, 0.5) is 8.78 Å². The van der Waals surface area contributed by atoms with Crippen LogP contribution in [0.3, 0.4) is 0 Å². The van der Waals surface area contributed by atoms with Crippen molar-refractivity contribution >= 4 is 17.6 Å². The van der Waals surface area contributed by atoms with Crippen molar-refractivity contribution in [3.63, 3.8) is 0 Å². The second-order valence-corrected chi connectivity index (χ2v) is 9.73. The molecule has 9 heteroatoms. The molecule has 3 rings (SSSR count). The molecule has 0 radical (unpaired) electrons. The lowest BCUT2D eigenvalue weighted by atomic mass is 9.67. The summed E-state index contributed by atoms with van der Waals surface area (Å²) < 4.78 is 32.8. The maximum absolute atomic E-state index is 13.7. The molecular weight excluding hydrogens is 440 g/mol. The number of hydrogen-bond donors (Lipinski definition) is 1. The van der Waals surface area contributed by atoms with Gasteiger partial charge in [-0.05, 0) is 42.5 Å². The first-order valence-electron chi connectivity index (χ1n) is 11.5. The van der Waals surface area contributed by atoms with Crippen molar-refractivity contribution in [3.8, 4) is 6.07 Å². The molecule has 1 saturated heterocycles. The van der Waals surface area contributed by atoms with Crippen molar-refractivity contribution in [1.82, 2.24) is 10.2 Å². The van der Waals surface area contributed by atoms with E-state index in [-0.39, 0.29) is 42.7 Å². The quantitative estimate of drug-likeness (QED) is 0.524. The molecule has 2 fully saturated rings. The fraction of sp³-hybridized carbons (Fsp3) is 0.600. The van der Waals surface area contributed by atoms with Crippen LogP contribution in [-0.2, 0) is 9.53 Å². The molecule has 0 spiro atoms. The Balaban J connectivity index is 1.76. The first-order valence-corrected chi connectivity index (χ1v) is 11.5. The number of alkyl halides is 1. The number of likely N-dealkylation sites (tertiary alicyclic amines) is 1. The number of ether oxygens (including phenoxy) is 1. The third-order valence-corrected chi connectivity index (χ3v) is 7.63. The molecule has 1 aromatic rings. The average Bonchev–Trinajstić information content (AvgIpc) is 3.30. The Labute approximate surface area is 199 Å². The number of benzene rings is 1. The maximum atomic E-state index is 13.7. The lowest BCUT2D eigenvalue weighted by Gasteiger charge is -2.41. The van der Waals surface area contributed by atoms with E-state index in [1.807, 2.05) is 6.07 Å². The highest BCUT2D eigenvalue weighted by Gasteiger charge is 2.55. The van der Waals surface area contributed by atoms with Crippen molar-refractivity contribution in [2.24, 2.45) is 20.8 Å². The Bertz CT molecular complexity index is 1000. The molecule has 1 N–H and O–H groups in total. The normalized spacial score (nSPS) is 29.2. The molecule has 1 aliphatic carbocycles. The molecule has 1 heterocycles. The van der Waals surface area contributed by atoms with Crippen LogP contribution < -0.4 is 5.32 Å². The van der Waals surface area contributed by atoms with Gasteiger partial charge in [-0.3, -0.25) is 9.79 Å². The van der Waals surface area contributed by atoms with Gasteiger partial charge in [-0.1, -0.05) is 20.8 Å². The first-order chi connectivity index (χ1) is 16.1. The summed E-state index contributed by atoms with van der Waals surface area (Å²) in [6, 6.07) is 7.26. The van der Waals surface area contributed by atoms with Crippen LogP contribution >= 0.6 is 0 Å². The Morgan fingerprint density at radius 2 is 2.00 bits per heavy atom. The van der Waals surface area contributed by atoms with Crippen LogP contribution in [0.15, 0.2) is 34.3 Å². The van der Waals surface area contributed by atoms with Crippen molar-refractivity contribution in [2.75, 3.05) is 27.2 Å². The Morgan fingerprint density at radius 1 is 1.32 bits per heavy atom. The highest BCUT2D eigenvalue weighted by molar-refractivity contribution is 6.06. The van der Waals surface area contributed by atoms with Gasteiger partial charge in [0.05, 0.1) is 31.7 Å². The summed E-state index contributed by atoms with van der Waals surface area (Å²) in [7, 11) is 3.20. The minimum atomic E-state index is -1.16. The van der Waals surface area contributed by atoms with E-state index in [0.717, 1.165) is 12.8 Å². The summed E-state index contributed by atoms with van der Waals surface area (Å²) >= 11 is 0. The fourth-order valence-corrected chi connectivity index (χ4v) is 5.07. The largest absolute Gasteiger partial charge is 0.484 e.